The molecule has 3 aromatic heterocycles. The molecule has 0 aliphatic heterocycles. The lowest BCUT2D eigenvalue weighted by Gasteiger charge is -2.15. The SMILES string of the molecule is Cc1cccc(COc2nc(C)n(-c3cc(-c4ncncc4C)ccc3Cl)c(=O)c2Cl)n1. The summed E-state index contributed by atoms with van der Waals surface area (Å²) in [6.45, 7) is 5.63. The van der Waals surface area contributed by atoms with Crippen LogP contribution < -0.4 is 10.3 Å². The third-order valence-corrected chi connectivity index (χ3v) is 5.47. The molecule has 162 valence electrons. The highest BCUT2D eigenvalue weighted by molar-refractivity contribution is 6.33. The maximum atomic E-state index is 13.2. The highest BCUT2D eigenvalue weighted by Crippen LogP contribution is 2.29. The van der Waals surface area contributed by atoms with Gasteiger partial charge in [-0.05, 0) is 50.6 Å². The van der Waals surface area contributed by atoms with Gasteiger partial charge in [-0.3, -0.25) is 14.3 Å². The number of pyridine rings is 1. The number of aryl methyl sites for hydroxylation is 3. The summed E-state index contributed by atoms with van der Waals surface area (Å²) in [4.78, 5) is 30.3. The van der Waals surface area contributed by atoms with E-state index in [4.69, 9.17) is 27.9 Å². The van der Waals surface area contributed by atoms with E-state index >= 15 is 0 Å². The van der Waals surface area contributed by atoms with E-state index in [1.165, 1.54) is 10.9 Å². The van der Waals surface area contributed by atoms with Gasteiger partial charge in [-0.2, -0.15) is 4.98 Å². The second-order valence-corrected chi connectivity index (χ2v) is 7.98. The summed E-state index contributed by atoms with van der Waals surface area (Å²) in [5.41, 5.74) is 3.97. The van der Waals surface area contributed by atoms with E-state index < -0.39 is 5.56 Å². The maximum Gasteiger partial charge on any atom is 0.280 e. The van der Waals surface area contributed by atoms with Crippen molar-refractivity contribution in [1.29, 1.82) is 0 Å². The summed E-state index contributed by atoms with van der Waals surface area (Å²) >= 11 is 12.8. The number of benzene rings is 1. The minimum Gasteiger partial charge on any atom is -0.470 e. The Bertz CT molecular complexity index is 1370. The summed E-state index contributed by atoms with van der Waals surface area (Å²) in [5.74, 6) is 0.428. The van der Waals surface area contributed by atoms with E-state index in [1.807, 2.05) is 38.1 Å². The lowest BCUT2D eigenvalue weighted by atomic mass is 10.1. The molecule has 0 fully saturated rings. The van der Waals surface area contributed by atoms with E-state index in [0.717, 1.165) is 22.5 Å². The van der Waals surface area contributed by atoms with Gasteiger partial charge in [0.05, 0.1) is 22.1 Å². The van der Waals surface area contributed by atoms with Crippen molar-refractivity contribution in [2.45, 2.75) is 27.4 Å². The molecule has 1 aromatic carbocycles. The summed E-state index contributed by atoms with van der Waals surface area (Å²) in [6, 6.07) is 10.9. The van der Waals surface area contributed by atoms with Crippen molar-refractivity contribution in [1.82, 2.24) is 24.5 Å². The summed E-state index contributed by atoms with van der Waals surface area (Å²) < 4.78 is 7.06. The topological polar surface area (TPSA) is 82.8 Å². The van der Waals surface area contributed by atoms with Crippen LogP contribution in [-0.4, -0.2) is 24.5 Å². The molecule has 0 bridgehead atoms. The zero-order valence-electron chi connectivity index (χ0n) is 17.6. The second kappa shape index (κ2) is 9.06. The van der Waals surface area contributed by atoms with E-state index in [-0.39, 0.29) is 17.5 Å². The molecule has 0 amide bonds. The van der Waals surface area contributed by atoms with Crippen molar-refractivity contribution < 1.29 is 4.74 Å². The molecule has 0 saturated heterocycles. The molecule has 32 heavy (non-hydrogen) atoms. The Balaban J connectivity index is 1.74. The first kappa shape index (κ1) is 21.9. The molecular formula is C23H19Cl2N5O2. The molecule has 7 nitrogen and oxygen atoms in total. The van der Waals surface area contributed by atoms with E-state index in [0.29, 0.717) is 22.2 Å². The van der Waals surface area contributed by atoms with Gasteiger partial charge in [-0.25, -0.2) is 9.97 Å². The van der Waals surface area contributed by atoms with Crippen molar-refractivity contribution in [3.8, 4) is 22.8 Å². The highest BCUT2D eigenvalue weighted by Gasteiger charge is 2.18. The smallest absolute Gasteiger partial charge is 0.280 e. The fraction of sp³-hybridized carbons (Fsp3) is 0.174. The summed E-state index contributed by atoms with van der Waals surface area (Å²) in [7, 11) is 0. The van der Waals surface area contributed by atoms with Crippen molar-refractivity contribution in [2.24, 2.45) is 0 Å². The van der Waals surface area contributed by atoms with E-state index in [9.17, 15) is 4.79 Å². The maximum absolute atomic E-state index is 13.2. The molecule has 0 aliphatic carbocycles. The minimum absolute atomic E-state index is 0.0487. The third kappa shape index (κ3) is 4.35. The van der Waals surface area contributed by atoms with E-state index in [2.05, 4.69) is 19.9 Å². The Morgan fingerprint density at radius 3 is 2.62 bits per heavy atom. The summed E-state index contributed by atoms with van der Waals surface area (Å²) in [6.07, 6.45) is 3.20. The van der Waals surface area contributed by atoms with Crippen LogP contribution in [-0.2, 0) is 6.61 Å². The molecule has 0 spiro atoms. The van der Waals surface area contributed by atoms with Crippen LogP contribution in [0.2, 0.25) is 10.0 Å². The monoisotopic (exact) mass is 467 g/mol. The molecule has 0 aliphatic rings. The third-order valence-electron chi connectivity index (χ3n) is 4.82. The lowest BCUT2D eigenvalue weighted by molar-refractivity contribution is 0.287. The first-order chi connectivity index (χ1) is 15.3. The molecule has 9 heteroatoms. The Hall–Kier alpha value is -3.29. The van der Waals surface area contributed by atoms with E-state index in [1.54, 1.807) is 25.3 Å². The average molecular weight is 468 g/mol. The van der Waals surface area contributed by atoms with Gasteiger partial charge < -0.3 is 4.74 Å². The van der Waals surface area contributed by atoms with Gasteiger partial charge in [0, 0.05) is 17.5 Å². The van der Waals surface area contributed by atoms with Gasteiger partial charge in [0.25, 0.3) is 5.56 Å². The minimum atomic E-state index is -0.482. The molecule has 4 rings (SSSR count). The highest BCUT2D eigenvalue weighted by atomic mass is 35.5. The van der Waals surface area contributed by atoms with Crippen LogP contribution in [0.4, 0.5) is 0 Å². The molecule has 0 N–H and O–H groups in total. The van der Waals surface area contributed by atoms with Crippen molar-refractivity contribution in [3.63, 3.8) is 0 Å². The number of nitrogens with zero attached hydrogens (tertiary/aromatic N) is 5. The molecule has 0 radical (unpaired) electrons. The number of ether oxygens (including phenoxy) is 1. The quantitative estimate of drug-likeness (QED) is 0.415. The number of hydrogen-bond acceptors (Lipinski definition) is 6. The Kier molecular flexibility index (Phi) is 6.21. The molecule has 0 saturated carbocycles. The van der Waals surface area contributed by atoms with Gasteiger partial charge >= 0.3 is 0 Å². The van der Waals surface area contributed by atoms with Crippen LogP contribution in [0.5, 0.6) is 5.88 Å². The number of halogens is 2. The Labute approximate surface area is 194 Å². The number of hydrogen-bond donors (Lipinski definition) is 0. The molecule has 0 unspecified atom stereocenters. The first-order valence-corrected chi connectivity index (χ1v) is 10.5. The van der Waals surface area contributed by atoms with Crippen LogP contribution in [0.15, 0.2) is 53.7 Å². The van der Waals surface area contributed by atoms with Crippen molar-refractivity contribution >= 4 is 23.2 Å². The predicted molar refractivity (Wildman–Crippen MR) is 124 cm³/mol. The van der Waals surface area contributed by atoms with Crippen LogP contribution in [0, 0.1) is 20.8 Å². The zero-order chi connectivity index (χ0) is 22.8. The lowest BCUT2D eigenvalue weighted by Crippen LogP contribution is -2.24. The fourth-order valence-electron chi connectivity index (χ4n) is 3.32. The predicted octanol–water partition coefficient (Wildman–Crippen LogP) is 4.90. The summed E-state index contributed by atoms with van der Waals surface area (Å²) in [5, 5.41) is 0.240. The zero-order valence-corrected chi connectivity index (χ0v) is 19.1. The van der Waals surface area contributed by atoms with Crippen LogP contribution in [0.25, 0.3) is 16.9 Å². The van der Waals surface area contributed by atoms with Crippen molar-refractivity contribution in [2.75, 3.05) is 0 Å². The second-order valence-electron chi connectivity index (χ2n) is 7.20. The molecular weight excluding hydrogens is 449 g/mol. The Morgan fingerprint density at radius 2 is 1.88 bits per heavy atom. The van der Waals surface area contributed by atoms with Crippen molar-refractivity contribution in [3.05, 3.63) is 92.1 Å². The van der Waals surface area contributed by atoms with Crippen LogP contribution in [0.1, 0.15) is 22.8 Å². The largest absolute Gasteiger partial charge is 0.470 e. The van der Waals surface area contributed by atoms with Crippen LogP contribution in [0.3, 0.4) is 0 Å². The van der Waals surface area contributed by atoms with Gasteiger partial charge in [0.2, 0.25) is 5.88 Å². The molecule has 3 heterocycles. The van der Waals surface area contributed by atoms with Crippen LogP contribution >= 0.6 is 23.2 Å². The first-order valence-electron chi connectivity index (χ1n) is 9.76. The molecule has 0 atom stereocenters. The number of aromatic nitrogens is 5. The normalized spacial score (nSPS) is 10.9. The van der Waals surface area contributed by atoms with Gasteiger partial charge in [0.1, 0.15) is 18.8 Å². The van der Waals surface area contributed by atoms with Gasteiger partial charge in [-0.1, -0.05) is 35.3 Å². The number of rotatable bonds is 5. The average Bonchev–Trinajstić information content (AvgIpc) is 2.77. The standard InChI is InChI=1S/C23H19Cl2N5O2/c1-13-10-26-12-27-21(13)16-7-8-18(24)19(9-16)30-15(3)29-22(20(25)23(30)31)32-11-17-6-4-5-14(2)28-17/h4-10,12H,11H2,1-3H3. The fourth-order valence-corrected chi connectivity index (χ4v) is 3.70. The Morgan fingerprint density at radius 1 is 1.06 bits per heavy atom. The molecule has 4 aromatic rings. The van der Waals surface area contributed by atoms with Gasteiger partial charge in [-0.15, -0.1) is 0 Å². The van der Waals surface area contributed by atoms with Gasteiger partial charge in [0.15, 0.2) is 5.02 Å².